The summed E-state index contributed by atoms with van der Waals surface area (Å²) in [6.07, 6.45) is -5.19. The molecule has 0 bridgehead atoms. The zero-order valence-electron chi connectivity index (χ0n) is 6.31. The van der Waals surface area contributed by atoms with Gasteiger partial charge < -0.3 is 10.1 Å². The van der Waals surface area contributed by atoms with Gasteiger partial charge in [0.1, 0.15) is 12.3 Å². The fraction of sp³-hybridized carbons (Fsp3) is 0.667. The van der Waals surface area contributed by atoms with Crippen LogP contribution in [0.2, 0.25) is 0 Å². The van der Waals surface area contributed by atoms with Crippen LogP contribution >= 0.6 is 0 Å². The third-order valence-electron chi connectivity index (χ3n) is 1.10. The molecule has 0 aromatic heterocycles. The van der Waals surface area contributed by atoms with Crippen molar-refractivity contribution in [2.24, 2.45) is 0 Å². The van der Waals surface area contributed by atoms with E-state index < -0.39 is 24.5 Å². The zero-order chi connectivity index (χ0) is 9.78. The van der Waals surface area contributed by atoms with Crippen LogP contribution in [0, 0.1) is 0 Å². The Hall–Kier alpha value is -1.07. The molecule has 0 radical (unpaired) electrons. The van der Waals surface area contributed by atoms with Gasteiger partial charge in [0.2, 0.25) is 5.91 Å². The normalized spacial score (nSPS) is 13.7. The van der Waals surface area contributed by atoms with E-state index in [1.165, 1.54) is 0 Å². The molecule has 0 rings (SSSR count). The van der Waals surface area contributed by atoms with Crippen LogP contribution < -0.4 is 5.32 Å². The first-order chi connectivity index (χ1) is 5.38. The minimum Gasteiger partial charge on any atom is -0.344 e. The molecular weight excluding hydrogens is 175 g/mol. The van der Waals surface area contributed by atoms with Crippen LogP contribution in [0.4, 0.5) is 13.2 Å². The van der Waals surface area contributed by atoms with Crippen molar-refractivity contribution < 1.29 is 22.8 Å². The Morgan fingerprint density at radius 1 is 1.58 bits per heavy atom. The van der Waals surface area contributed by atoms with E-state index in [1.807, 2.05) is 0 Å². The molecule has 1 atom stereocenters. The number of hydrogen-bond donors (Lipinski definition) is 1. The van der Waals surface area contributed by atoms with Crippen molar-refractivity contribution >= 4 is 12.2 Å². The molecule has 3 nitrogen and oxygen atoms in total. The molecule has 1 unspecified atom stereocenters. The molecule has 6 heteroatoms. The minimum atomic E-state index is -4.56. The van der Waals surface area contributed by atoms with Crippen molar-refractivity contribution in [2.45, 2.75) is 25.6 Å². The Balaban J connectivity index is 4.22. The summed E-state index contributed by atoms with van der Waals surface area (Å²) in [6, 6.07) is -2.06. The van der Waals surface area contributed by atoms with E-state index in [0.29, 0.717) is 0 Å². The van der Waals surface area contributed by atoms with Crippen molar-refractivity contribution in [2.75, 3.05) is 0 Å². The summed E-state index contributed by atoms with van der Waals surface area (Å²) in [6.45, 7) is 0.962. The lowest BCUT2D eigenvalue weighted by atomic mass is 10.2. The van der Waals surface area contributed by atoms with Gasteiger partial charge in [-0.1, -0.05) is 0 Å². The van der Waals surface area contributed by atoms with Gasteiger partial charge in [-0.3, -0.25) is 4.79 Å². The van der Waals surface area contributed by atoms with Crippen molar-refractivity contribution in [3.63, 3.8) is 0 Å². The first-order valence-corrected chi connectivity index (χ1v) is 3.15. The molecule has 70 valence electrons. The summed E-state index contributed by atoms with van der Waals surface area (Å²) in [5.41, 5.74) is 0. The minimum absolute atomic E-state index is 0.119. The van der Waals surface area contributed by atoms with E-state index in [4.69, 9.17) is 0 Å². The lowest BCUT2D eigenvalue weighted by Gasteiger charge is -2.18. The summed E-state index contributed by atoms with van der Waals surface area (Å²) >= 11 is 0. The first kappa shape index (κ1) is 10.9. The van der Waals surface area contributed by atoms with Crippen molar-refractivity contribution in [1.82, 2.24) is 5.32 Å². The number of aldehydes is 1. The molecular formula is C6H8F3NO2. The van der Waals surface area contributed by atoms with Gasteiger partial charge >= 0.3 is 6.18 Å². The van der Waals surface area contributed by atoms with E-state index in [2.05, 4.69) is 0 Å². The van der Waals surface area contributed by atoms with Crippen LogP contribution in [0.15, 0.2) is 0 Å². The summed E-state index contributed by atoms with van der Waals surface area (Å²) in [5.74, 6) is -0.806. The Kier molecular flexibility index (Phi) is 3.72. The summed E-state index contributed by atoms with van der Waals surface area (Å²) in [5, 5.41) is 1.63. The van der Waals surface area contributed by atoms with Crippen molar-refractivity contribution in [3.05, 3.63) is 0 Å². The Morgan fingerprint density at radius 3 is 2.33 bits per heavy atom. The van der Waals surface area contributed by atoms with Crippen LogP contribution in [0.1, 0.15) is 13.3 Å². The molecule has 0 aliphatic heterocycles. The number of rotatable bonds is 3. The number of amides is 1. The predicted octanol–water partition coefficient (Wildman–Crippen LogP) is 0.642. The molecule has 0 saturated heterocycles. The van der Waals surface area contributed by atoms with Crippen LogP contribution in [0.5, 0.6) is 0 Å². The third kappa shape index (κ3) is 3.95. The molecule has 0 aliphatic rings. The SMILES string of the molecule is CC(=O)NC(CC=O)C(F)(F)F. The topological polar surface area (TPSA) is 46.2 Å². The molecule has 12 heavy (non-hydrogen) atoms. The first-order valence-electron chi connectivity index (χ1n) is 3.15. The number of nitrogens with one attached hydrogen (secondary N) is 1. The fourth-order valence-corrected chi connectivity index (χ4v) is 0.616. The zero-order valence-corrected chi connectivity index (χ0v) is 6.31. The molecule has 0 aromatic rings. The number of halogens is 3. The van der Waals surface area contributed by atoms with Gasteiger partial charge in [-0.2, -0.15) is 13.2 Å². The molecule has 0 fully saturated rings. The molecule has 0 heterocycles. The van der Waals surface area contributed by atoms with Gasteiger partial charge in [-0.25, -0.2) is 0 Å². The van der Waals surface area contributed by atoms with Crippen molar-refractivity contribution in [1.29, 1.82) is 0 Å². The molecule has 0 saturated carbocycles. The second-order valence-corrected chi connectivity index (χ2v) is 2.20. The highest BCUT2D eigenvalue weighted by atomic mass is 19.4. The maximum atomic E-state index is 11.9. The molecule has 1 N–H and O–H groups in total. The monoisotopic (exact) mass is 183 g/mol. The lowest BCUT2D eigenvalue weighted by molar-refractivity contribution is -0.163. The largest absolute Gasteiger partial charge is 0.409 e. The van der Waals surface area contributed by atoms with Gasteiger partial charge in [0.05, 0.1) is 0 Å². The maximum Gasteiger partial charge on any atom is 0.409 e. The highest BCUT2D eigenvalue weighted by Crippen LogP contribution is 2.21. The fourth-order valence-electron chi connectivity index (χ4n) is 0.616. The molecule has 1 amide bonds. The number of carbonyl (C=O) groups is 2. The number of carbonyl (C=O) groups excluding carboxylic acids is 2. The quantitative estimate of drug-likeness (QED) is 0.652. The summed E-state index contributed by atoms with van der Waals surface area (Å²) in [4.78, 5) is 20.0. The highest BCUT2D eigenvalue weighted by Gasteiger charge is 2.39. The van der Waals surface area contributed by atoms with Crippen LogP contribution in [0.25, 0.3) is 0 Å². The molecule has 0 aromatic carbocycles. The number of alkyl halides is 3. The van der Waals surface area contributed by atoms with Gasteiger partial charge in [0.15, 0.2) is 0 Å². The predicted molar refractivity (Wildman–Crippen MR) is 34.3 cm³/mol. The van der Waals surface area contributed by atoms with Crippen molar-refractivity contribution in [3.8, 4) is 0 Å². The Labute approximate surface area is 66.9 Å². The molecule has 0 aliphatic carbocycles. The van der Waals surface area contributed by atoms with Gasteiger partial charge in [-0.15, -0.1) is 0 Å². The van der Waals surface area contributed by atoms with Crippen LogP contribution in [-0.2, 0) is 9.59 Å². The van der Waals surface area contributed by atoms with E-state index in [9.17, 15) is 22.8 Å². The summed E-state index contributed by atoms with van der Waals surface area (Å²) in [7, 11) is 0. The lowest BCUT2D eigenvalue weighted by Crippen LogP contribution is -2.44. The van der Waals surface area contributed by atoms with E-state index >= 15 is 0 Å². The highest BCUT2D eigenvalue weighted by molar-refractivity contribution is 5.73. The van der Waals surface area contributed by atoms with Crippen LogP contribution in [-0.4, -0.2) is 24.4 Å². The molecule has 0 spiro atoms. The van der Waals surface area contributed by atoms with E-state index in [1.54, 1.807) is 5.32 Å². The smallest absolute Gasteiger partial charge is 0.344 e. The Bertz CT molecular complexity index is 178. The second-order valence-electron chi connectivity index (χ2n) is 2.20. The number of hydrogen-bond acceptors (Lipinski definition) is 2. The second kappa shape index (κ2) is 4.08. The van der Waals surface area contributed by atoms with Gasteiger partial charge in [0, 0.05) is 13.3 Å². The average Bonchev–Trinajstić information content (AvgIpc) is 1.83. The van der Waals surface area contributed by atoms with E-state index in [0.717, 1.165) is 6.92 Å². The maximum absolute atomic E-state index is 11.9. The van der Waals surface area contributed by atoms with Crippen LogP contribution in [0.3, 0.4) is 0 Å². The third-order valence-corrected chi connectivity index (χ3v) is 1.10. The van der Waals surface area contributed by atoms with E-state index in [-0.39, 0.29) is 6.29 Å². The van der Waals surface area contributed by atoms with Gasteiger partial charge in [0.25, 0.3) is 0 Å². The summed E-state index contributed by atoms with van der Waals surface area (Å²) < 4.78 is 35.7. The average molecular weight is 183 g/mol. The van der Waals surface area contributed by atoms with Gasteiger partial charge in [-0.05, 0) is 0 Å². The Morgan fingerprint density at radius 2 is 2.08 bits per heavy atom. The standard InChI is InChI=1S/C6H8F3NO2/c1-4(12)10-5(2-3-11)6(7,8)9/h3,5H,2H2,1H3,(H,10,12).